The monoisotopic (exact) mass is 238 g/mol. The summed E-state index contributed by atoms with van der Waals surface area (Å²) in [6, 6.07) is 0. The Bertz CT molecular complexity index is 182. The zero-order valence-electron chi connectivity index (χ0n) is 13.0. The summed E-state index contributed by atoms with van der Waals surface area (Å²) in [6.45, 7) is 14.4. The van der Waals surface area contributed by atoms with E-state index < -0.39 is 0 Å². The quantitative estimate of drug-likeness (QED) is 0.551. The van der Waals surface area contributed by atoms with Crippen LogP contribution in [0.25, 0.3) is 0 Å². The summed E-state index contributed by atoms with van der Waals surface area (Å²) in [7, 11) is 0. The number of hydrogen-bond acceptors (Lipinski definition) is 0. The molecule has 0 aliphatic heterocycles. The highest BCUT2D eigenvalue weighted by molar-refractivity contribution is 4.79. The smallest absolute Gasteiger partial charge is 0.0409 e. The van der Waals surface area contributed by atoms with E-state index in [1.807, 2.05) is 0 Å². The molecule has 0 N–H and O–H groups in total. The Morgan fingerprint density at radius 2 is 1.06 bits per heavy atom. The van der Waals surface area contributed by atoms with Crippen molar-refractivity contribution in [1.82, 2.24) is 0 Å². The predicted octanol–water partition coefficient (Wildman–Crippen LogP) is 5.77. The first-order valence-electron chi connectivity index (χ1n) is 7.90. The topological polar surface area (TPSA) is 0 Å². The first-order chi connectivity index (χ1) is 7.90. The van der Waals surface area contributed by atoms with Crippen LogP contribution in [0, 0.1) is 35.5 Å². The zero-order valence-corrected chi connectivity index (χ0v) is 13.0. The van der Waals surface area contributed by atoms with Gasteiger partial charge in [0.2, 0.25) is 0 Å². The molecule has 1 aliphatic carbocycles. The minimum absolute atomic E-state index is 0.864. The minimum Gasteiger partial charge on any atom is -0.0625 e. The van der Waals surface area contributed by atoms with E-state index in [1.54, 1.807) is 0 Å². The normalized spacial score (nSPS) is 28.9. The number of hydrogen-bond donors (Lipinski definition) is 0. The van der Waals surface area contributed by atoms with Gasteiger partial charge in [-0.25, -0.2) is 0 Å². The first-order valence-corrected chi connectivity index (χ1v) is 7.90. The lowest BCUT2D eigenvalue weighted by molar-refractivity contribution is 0.292. The fraction of sp³-hybridized carbons (Fsp3) is 1.00. The minimum atomic E-state index is 0.864. The molecule has 0 spiro atoms. The Balaban J connectivity index is 2.28. The van der Waals surface area contributed by atoms with Gasteiger partial charge >= 0.3 is 0 Å². The Morgan fingerprint density at radius 1 is 0.706 bits per heavy atom. The largest absolute Gasteiger partial charge is 0.0625 e. The lowest BCUT2D eigenvalue weighted by Gasteiger charge is -2.22. The van der Waals surface area contributed by atoms with Crippen LogP contribution in [0.4, 0.5) is 0 Å². The third-order valence-corrected chi connectivity index (χ3v) is 5.34. The van der Waals surface area contributed by atoms with Crippen LogP contribution >= 0.6 is 0 Å². The van der Waals surface area contributed by atoms with Crippen LogP contribution in [-0.2, 0) is 0 Å². The molecule has 0 aromatic heterocycles. The second kappa shape index (κ2) is 6.81. The highest BCUT2D eigenvalue weighted by Crippen LogP contribution is 2.40. The van der Waals surface area contributed by atoms with Gasteiger partial charge in [0.1, 0.15) is 0 Å². The molecule has 0 aromatic carbocycles. The van der Waals surface area contributed by atoms with Crippen molar-refractivity contribution in [3.63, 3.8) is 0 Å². The summed E-state index contributed by atoms with van der Waals surface area (Å²) < 4.78 is 0. The van der Waals surface area contributed by atoms with E-state index in [4.69, 9.17) is 0 Å². The van der Waals surface area contributed by atoms with Crippen LogP contribution in [0.1, 0.15) is 73.6 Å². The van der Waals surface area contributed by atoms with Crippen LogP contribution in [0.15, 0.2) is 0 Å². The molecule has 0 radical (unpaired) electrons. The van der Waals surface area contributed by atoms with Crippen molar-refractivity contribution in [2.45, 2.75) is 73.6 Å². The molecule has 1 fully saturated rings. The molecule has 0 amide bonds. The van der Waals surface area contributed by atoms with Crippen molar-refractivity contribution in [3.05, 3.63) is 0 Å². The molecule has 102 valence electrons. The van der Waals surface area contributed by atoms with Gasteiger partial charge in [-0.3, -0.25) is 0 Å². The molecule has 1 aliphatic rings. The van der Waals surface area contributed by atoms with Crippen LogP contribution in [-0.4, -0.2) is 0 Å². The molecular weight excluding hydrogens is 204 g/mol. The second-order valence-corrected chi connectivity index (χ2v) is 7.46. The molecule has 4 unspecified atom stereocenters. The summed E-state index contributed by atoms with van der Waals surface area (Å²) in [5.74, 6) is 5.64. The first kappa shape index (κ1) is 15.1. The van der Waals surface area contributed by atoms with E-state index >= 15 is 0 Å². The van der Waals surface area contributed by atoms with Crippen molar-refractivity contribution in [1.29, 1.82) is 0 Å². The second-order valence-electron chi connectivity index (χ2n) is 7.46. The summed E-state index contributed by atoms with van der Waals surface area (Å²) >= 11 is 0. The van der Waals surface area contributed by atoms with E-state index in [0.717, 1.165) is 35.5 Å². The number of rotatable bonds is 6. The van der Waals surface area contributed by atoms with Crippen molar-refractivity contribution in [3.8, 4) is 0 Å². The molecule has 0 heterocycles. The van der Waals surface area contributed by atoms with E-state index in [1.165, 1.54) is 32.1 Å². The molecule has 17 heavy (non-hydrogen) atoms. The average Bonchev–Trinajstić information content (AvgIpc) is 2.65. The van der Waals surface area contributed by atoms with Crippen LogP contribution in [0.2, 0.25) is 0 Å². The highest BCUT2D eigenvalue weighted by atomic mass is 14.3. The standard InChI is InChI=1S/C17H34/c1-12(2)14(5)9-16-7-8-17(11-16)10-15(6)13(3)4/h12-17H,7-11H2,1-6H3. The van der Waals surface area contributed by atoms with Gasteiger partial charge in [0.25, 0.3) is 0 Å². The van der Waals surface area contributed by atoms with Gasteiger partial charge in [-0.15, -0.1) is 0 Å². The Morgan fingerprint density at radius 3 is 1.35 bits per heavy atom. The zero-order chi connectivity index (χ0) is 13.0. The average molecular weight is 238 g/mol. The summed E-state index contributed by atoms with van der Waals surface area (Å²) in [6.07, 6.45) is 7.49. The fourth-order valence-electron chi connectivity index (χ4n) is 3.20. The van der Waals surface area contributed by atoms with Crippen molar-refractivity contribution >= 4 is 0 Å². The lowest BCUT2D eigenvalue weighted by atomic mass is 9.84. The van der Waals surface area contributed by atoms with Crippen molar-refractivity contribution in [2.75, 3.05) is 0 Å². The van der Waals surface area contributed by atoms with Gasteiger partial charge in [0, 0.05) is 0 Å². The summed E-state index contributed by atoms with van der Waals surface area (Å²) in [4.78, 5) is 0. The predicted molar refractivity (Wildman–Crippen MR) is 78.1 cm³/mol. The third kappa shape index (κ3) is 5.02. The Kier molecular flexibility index (Phi) is 6.03. The molecule has 0 aromatic rings. The molecule has 0 nitrogen and oxygen atoms in total. The Labute approximate surface area is 110 Å². The van der Waals surface area contributed by atoms with E-state index in [9.17, 15) is 0 Å². The van der Waals surface area contributed by atoms with Gasteiger partial charge in [-0.1, -0.05) is 54.4 Å². The molecule has 0 saturated heterocycles. The van der Waals surface area contributed by atoms with Gasteiger partial charge in [0.05, 0.1) is 0 Å². The molecule has 0 heteroatoms. The molecule has 0 bridgehead atoms. The fourth-order valence-corrected chi connectivity index (χ4v) is 3.20. The van der Waals surface area contributed by atoms with Crippen molar-refractivity contribution in [2.24, 2.45) is 35.5 Å². The van der Waals surface area contributed by atoms with Gasteiger partial charge in [-0.05, 0) is 54.8 Å². The Hall–Kier alpha value is 0. The van der Waals surface area contributed by atoms with Crippen molar-refractivity contribution < 1.29 is 0 Å². The van der Waals surface area contributed by atoms with Crippen LogP contribution < -0.4 is 0 Å². The van der Waals surface area contributed by atoms with E-state index in [2.05, 4.69) is 41.5 Å². The van der Waals surface area contributed by atoms with Crippen LogP contribution in [0.5, 0.6) is 0 Å². The van der Waals surface area contributed by atoms with Gasteiger partial charge in [0.15, 0.2) is 0 Å². The molecule has 1 saturated carbocycles. The van der Waals surface area contributed by atoms with Gasteiger partial charge < -0.3 is 0 Å². The maximum absolute atomic E-state index is 2.44. The lowest BCUT2D eigenvalue weighted by Crippen LogP contribution is -2.11. The summed E-state index contributed by atoms with van der Waals surface area (Å²) in [5.41, 5.74) is 0. The summed E-state index contributed by atoms with van der Waals surface area (Å²) in [5, 5.41) is 0. The molecular formula is C17H34. The van der Waals surface area contributed by atoms with E-state index in [0.29, 0.717) is 0 Å². The maximum atomic E-state index is 2.44. The van der Waals surface area contributed by atoms with E-state index in [-0.39, 0.29) is 0 Å². The highest BCUT2D eigenvalue weighted by Gasteiger charge is 2.27. The van der Waals surface area contributed by atoms with Gasteiger partial charge in [-0.2, -0.15) is 0 Å². The SMILES string of the molecule is CC(C)C(C)CC1CCC(CC(C)C(C)C)C1. The van der Waals surface area contributed by atoms with Crippen LogP contribution in [0.3, 0.4) is 0 Å². The maximum Gasteiger partial charge on any atom is -0.0409 e. The molecule has 4 atom stereocenters. The molecule has 1 rings (SSSR count). The third-order valence-electron chi connectivity index (χ3n) is 5.34.